The van der Waals surface area contributed by atoms with Crippen molar-refractivity contribution in [2.75, 3.05) is 49.8 Å². The standard InChI is InChI=1S/C18H20F2N4O3/c1-23(14-2-3-16(22-11-14)24-6-8-26-9-7-24)18(25)13-4-5-21-17(10-13)27-12-15(19)20/h2-5,10-11,15H,6-9,12H2,1H3. The van der Waals surface area contributed by atoms with Crippen LogP contribution in [0.25, 0.3) is 0 Å². The van der Waals surface area contributed by atoms with Gasteiger partial charge in [-0.1, -0.05) is 0 Å². The summed E-state index contributed by atoms with van der Waals surface area (Å²) in [7, 11) is 1.62. The fourth-order valence-electron chi connectivity index (χ4n) is 2.64. The van der Waals surface area contributed by atoms with Gasteiger partial charge in [-0.05, 0) is 18.2 Å². The van der Waals surface area contributed by atoms with E-state index < -0.39 is 13.0 Å². The maximum Gasteiger partial charge on any atom is 0.272 e. The number of alkyl halides is 2. The van der Waals surface area contributed by atoms with Crippen LogP contribution < -0.4 is 14.5 Å². The summed E-state index contributed by atoms with van der Waals surface area (Å²) in [5.74, 6) is 0.491. The Morgan fingerprint density at radius 1 is 1.30 bits per heavy atom. The molecule has 0 N–H and O–H groups in total. The van der Waals surface area contributed by atoms with Crippen molar-refractivity contribution in [3.63, 3.8) is 0 Å². The Hall–Kier alpha value is -2.81. The Kier molecular flexibility index (Phi) is 6.12. The largest absolute Gasteiger partial charge is 0.472 e. The van der Waals surface area contributed by atoms with Crippen LogP contribution in [-0.4, -0.2) is 62.3 Å². The van der Waals surface area contributed by atoms with Gasteiger partial charge in [0.25, 0.3) is 12.3 Å². The molecule has 1 aliphatic rings. The molecule has 0 radical (unpaired) electrons. The summed E-state index contributed by atoms with van der Waals surface area (Å²) >= 11 is 0. The van der Waals surface area contributed by atoms with Gasteiger partial charge in [-0.15, -0.1) is 0 Å². The Balaban J connectivity index is 1.68. The highest BCUT2D eigenvalue weighted by molar-refractivity contribution is 6.05. The molecule has 144 valence electrons. The molecule has 0 bridgehead atoms. The molecule has 9 heteroatoms. The van der Waals surface area contributed by atoms with E-state index in [9.17, 15) is 13.6 Å². The number of rotatable bonds is 6. The minimum atomic E-state index is -2.61. The maximum atomic E-state index is 12.7. The first-order chi connectivity index (χ1) is 13.0. The second-order valence-corrected chi connectivity index (χ2v) is 5.92. The van der Waals surface area contributed by atoms with Gasteiger partial charge in [-0.3, -0.25) is 4.79 Å². The van der Waals surface area contributed by atoms with Crippen LogP contribution in [-0.2, 0) is 4.74 Å². The molecule has 1 fully saturated rings. The highest BCUT2D eigenvalue weighted by Crippen LogP contribution is 2.20. The van der Waals surface area contributed by atoms with E-state index in [-0.39, 0.29) is 17.4 Å². The molecular weight excluding hydrogens is 358 g/mol. The summed E-state index contributed by atoms with van der Waals surface area (Å²) in [5.41, 5.74) is 0.901. The highest BCUT2D eigenvalue weighted by atomic mass is 19.3. The van der Waals surface area contributed by atoms with Gasteiger partial charge in [0.15, 0.2) is 6.61 Å². The van der Waals surface area contributed by atoms with E-state index in [0.717, 1.165) is 18.9 Å². The number of carbonyl (C=O) groups excluding carboxylic acids is 1. The first-order valence-electron chi connectivity index (χ1n) is 8.48. The maximum absolute atomic E-state index is 12.7. The Morgan fingerprint density at radius 3 is 2.74 bits per heavy atom. The quantitative estimate of drug-likeness (QED) is 0.768. The van der Waals surface area contributed by atoms with Crippen molar-refractivity contribution >= 4 is 17.4 Å². The lowest BCUT2D eigenvalue weighted by atomic mass is 10.2. The summed E-state index contributed by atoms with van der Waals surface area (Å²) in [6, 6.07) is 6.51. The predicted molar refractivity (Wildman–Crippen MR) is 95.7 cm³/mol. The molecule has 2 aromatic heterocycles. The van der Waals surface area contributed by atoms with Crippen LogP contribution in [0.5, 0.6) is 5.88 Å². The Morgan fingerprint density at radius 2 is 2.07 bits per heavy atom. The fraction of sp³-hybridized carbons (Fsp3) is 0.389. The normalized spacial score (nSPS) is 14.3. The lowest BCUT2D eigenvalue weighted by molar-refractivity contribution is 0.0795. The van der Waals surface area contributed by atoms with Gasteiger partial charge in [-0.2, -0.15) is 0 Å². The second-order valence-electron chi connectivity index (χ2n) is 5.92. The molecule has 0 unspecified atom stereocenters. The third-order valence-corrected chi connectivity index (χ3v) is 4.10. The molecule has 0 aromatic carbocycles. The predicted octanol–water partition coefficient (Wildman–Crippen LogP) is 2.23. The zero-order valence-corrected chi connectivity index (χ0v) is 14.8. The summed E-state index contributed by atoms with van der Waals surface area (Å²) in [4.78, 5) is 24.5. The zero-order chi connectivity index (χ0) is 19.2. The van der Waals surface area contributed by atoms with Gasteiger partial charge in [-0.25, -0.2) is 18.7 Å². The molecule has 0 aliphatic carbocycles. The third-order valence-electron chi connectivity index (χ3n) is 4.10. The number of nitrogens with zero attached hydrogens (tertiary/aromatic N) is 4. The molecule has 0 saturated carbocycles. The molecular formula is C18H20F2N4O3. The van der Waals surface area contributed by atoms with Crippen LogP contribution in [0.2, 0.25) is 0 Å². The minimum absolute atomic E-state index is 0.0182. The van der Waals surface area contributed by atoms with E-state index in [0.29, 0.717) is 18.9 Å². The number of morpholine rings is 1. The molecule has 1 saturated heterocycles. The molecule has 27 heavy (non-hydrogen) atoms. The van der Waals surface area contributed by atoms with Crippen LogP contribution in [0.1, 0.15) is 10.4 Å². The number of amides is 1. The molecule has 2 aromatic rings. The first-order valence-corrected chi connectivity index (χ1v) is 8.48. The molecule has 3 heterocycles. The smallest absolute Gasteiger partial charge is 0.272 e. The molecule has 1 aliphatic heterocycles. The van der Waals surface area contributed by atoms with Crippen molar-refractivity contribution in [3.8, 4) is 5.88 Å². The number of anilines is 2. The van der Waals surface area contributed by atoms with E-state index in [1.54, 1.807) is 13.2 Å². The second kappa shape index (κ2) is 8.72. The lowest BCUT2D eigenvalue weighted by Crippen LogP contribution is -2.36. The number of ether oxygens (including phenoxy) is 2. The van der Waals surface area contributed by atoms with Gasteiger partial charge in [0.05, 0.1) is 25.1 Å². The van der Waals surface area contributed by atoms with Crippen molar-refractivity contribution in [1.82, 2.24) is 9.97 Å². The number of halogens is 2. The van der Waals surface area contributed by atoms with Gasteiger partial charge in [0, 0.05) is 38.0 Å². The molecule has 7 nitrogen and oxygen atoms in total. The lowest BCUT2D eigenvalue weighted by Gasteiger charge is -2.28. The van der Waals surface area contributed by atoms with Crippen molar-refractivity contribution in [2.45, 2.75) is 6.43 Å². The summed E-state index contributed by atoms with van der Waals surface area (Å²) in [6.45, 7) is 2.12. The molecule has 0 spiro atoms. The number of carbonyl (C=O) groups is 1. The average molecular weight is 378 g/mol. The number of hydrogen-bond donors (Lipinski definition) is 0. The number of pyridine rings is 2. The highest BCUT2D eigenvalue weighted by Gasteiger charge is 2.17. The van der Waals surface area contributed by atoms with Gasteiger partial charge in [0.2, 0.25) is 5.88 Å². The zero-order valence-electron chi connectivity index (χ0n) is 14.8. The molecule has 1 amide bonds. The minimum Gasteiger partial charge on any atom is -0.472 e. The van der Waals surface area contributed by atoms with Crippen LogP contribution in [0.15, 0.2) is 36.7 Å². The van der Waals surface area contributed by atoms with Gasteiger partial charge >= 0.3 is 0 Å². The summed E-state index contributed by atoms with van der Waals surface area (Å²) < 4.78 is 34.7. The van der Waals surface area contributed by atoms with Crippen LogP contribution >= 0.6 is 0 Å². The van der Waals surface area contributed by atoms with E-state index >= 15 is 0 Å². The van der Waals surface area contributed by atoms with E-state index in [4.69, 9.17) is 9.47 Å². The summed E-state index contributed by atoms with van der Waals surface area (Å²) in [5, 5.41) is 0. The van der Waals surface area contributed by atoms with E-state index in [1.165, 1.54) is 23.2 Å². The van der Waals surface area contributed by atoms with Gasteiger partial charge < -0.3 is 19.3 Å². The van der Waals surface area contributed by atoms with Crippen molar-refractivity contribution in [3.05, 3.63) is 42.2 Å². The SMILES string of the molecule is CN(C(=O)c1ccnc(OCC(F)F)c1)c1ccc(N2CCOCC2)nc1. The number of aromatic nitrogens is 2. The first kappa shape index (κ1) is 19.0. The van der Waals surface area contributed by atoms with Gasteiger partial charge in [0.1, 0.15) is 5.82 Å². The average Bonchev–Trinajstić information content (AvgIpc) is 2.72. The molecule has 3 rings (SSSR count). The van der Waals surface area contributed by atoms with Crippen molar-refractivity contribution < 1.29 is 23.0 Å². The Labute approximate surface area is 155 Å². The summed E-state index contributed by atoms with van der Waals surface area (Å²) in [6.07, 6.45) is 0.365. The van der Waals surface area contributed by atoms with Crippen LogP contribution in [0.3, 0.4) is 0 Å². The Bertz CT molecular complexity index is 767. The van der Waals surface area contributed by atoms with Crippen molar-refractivity contribution in [1.29, 1.82) is 0 Å². The van der Waals surface area contributed by atoms with Crippen molar-refractivity contribution in [2.24, 2.45) is 0 Å². The molecule has 0 atom stereocenters. The van der Waals surface area contributed by atoms with E-state index in [2.05, 4.69) is 14.9 Å². The monoisotopic (exact) mass is 378 g/mol. The van der Waals surface area contributed by atoms with E-state index in [1.807, 2.05) is 12.1 Å². The fourth-order valence-corrected chi connectivity index (χ4v) is 2.64. The number of hydrogen-bond acceptors (Lipinski definition) is 6. The van der Waals surface area contributed by atoms with Crippen LogP contribution in [0, 0.1) is 0 Å². The topological polar surface area (TPSA) is 67.8 Å². The third kappa shape index (κ3) is 4.88. The van der Waals surface area contributed by atoms with Crippen LogP contribution in [0.4, 0.5) is 20.3 Å².